The fourth-order valence-corrected chi connectivity index (χ4v) is 20.5. The van der Waals surface area contributed by atoms with Crippen LogP contribution in [0, 0.1) is 35.5 Å². The van der Waals surface area contributed by atoms with Crippen molar-refractivity contribution in [2.75, 3.05) is 94.9 Å². The summed E-state index contributed by atoms with van der Waals surface area (Å²) in [5.41, 5.74) is 7.11. The lowest BCUT2D eigenvalue weighted by Gasteiger charge is -2.46. The molecule has 6 aromatic rings. The third kappa shape index (κ3) is 19.1. The van der Waals surface area contributed by atoms with Gasteiger partial charge in [-0.05, 0) is 195 Å². The van der Waals surface area contributed by atoms with Crippen molar-refractivity contribution in [3.05, 3.63) is 190 Å². The van der Waals surface area contributed by atoms with E-state index in [1.165, 1.54) is 58.2 Å². The zero-order chi connectivity index (χ0) is 77.1. The number of carbonyl (C=O) groups excluding carboxylic acids is 3. The van der Waals surface area contributed by atoms with Gasteiger partial charge in [-0.2, -0.15) is 4.36 Å². The van der Waals surface area contributed by atoms with Crippen LogP contribution in [0.2, 0.25) is 10.0 Å². The van der Waals surface area contributed by atoms with Crippen molar-refractivity contribution < 1.29 is 61.1 Å². The predicted molar refractivity (Wildman–Crippen MR) is 422 cm³/mol. The van der Waals surface area contributed by atoms with Crippen LogP contribution < -0.4 is 33.9 Å². The first-order valence-corrected chi connectivity index (χ1v) is 40.9. The first kappa shape index (κ1) is 81.4. The number of ether oxygens (including phenoxy) is 6. The molecule has 4 aromatic carbocycles. The lowest BCUT2D eigenvalue weighted by atomic mass is 9.68. The number of halogens is 2. The van der Waals surface area contributed by atoms with Crippen molar-refractivity contribution in [3.63, 3.8) is 0 Å². The first-order chi connectivity index (χ1) is 51.1. The fourth-order valence-electron chi connectivity index (χ4n) is 16.4. The molecule has 12 atom stereocenters. The number of nitrogens with zero attached hydrogens (tertiary/aromatic N) is 8. The van der Waals surface area contributed by atoms with Crippen molar-refractivity contribution >= 4 is 77.8 Å². The number of nitrogens with two attached hydrogens (primary N) is 1. The summed E-state index contributed by atoms with van der Waals surface area (Å²) in [5.74, 6) is 0.0597. The molecule has 107 heavy (non-hydrogen) atoms. The molecule has 2 saturated carbocycles. The van der Waals surface area contributed by atoms with Gasteiger partial charge in [0, 0.05) is 110 Å². The molecule has 0 bridgehead atoms. The van der Waals surface area contributed by atoms with Crippen molar-refractivity contribution in [2.24, 2.45) is 63.5 Å². The van der Waals surface area contributed by atoms with Crippen molar-refractivity contribution in [1.29, 1.82) is 0 Å². The number of benzene rings is 4. The topological polar surface area (TPSA) is 271 Å². The number of aryl methyl sites for hydroxylation is 4. The number of aromatic carboxylic acids is 1. The second-order valence-corrected chi connectivity index (χ2v) is 34.7. The highest BCUT2D eigenvalue weighted by Gasteiger charge is 2.47. The number of rotatable bonds is 26. The van der Waals surface area contributed by atoms with Crippen molar-refractivity contribution in [3.8, 4) is 23.3 Å². The molecular formula is C81H103Cl2N9O13S2. The summed E-state index contributed by atoms with van der Waals surface area (Å²) in [7, 11) is 3.04. The minimum Gasteiger partial charge on any atom is -0.490 e. The van der Waals surface area contributed by atoms with E-state index in [1.807, 2.05) is 62.4 Å². The minimum absolute atomic E-state index is 0.000793. The molecule has 1 unspecified atom stereocenters. The van der Waals surface area contributed by atoms with E-state index in [-0.39, 0.29) is 74.8 Å². The molecule has 2 fully saturated rings. The Kier molecular flexibility index (Phi) is 27.0. The van der Waals surface area contributed by atoms with Gasteiger partial charge in [-0.25, -0.2) is 18.4 Å². The van der Waals surface area contributed by atoms with Crippen LogP contribution in [-0.4, -0.2) is 154 Å². The number of anilines is 2. The van der Waals surface area contributed by atoms with Crippen molar-refractivity contribution in [2.45, 2.75) is 114 Å². The normalized spacial score (nSPS) is 22.6. The molecule has 12 rings (SSSR count). The molecule has 2 aromatic heterocycles. The number of hydrogen-bond acceptors (Lipinski definition) is 16. The smallest absolute Gasteiger partial charge is 0.342 e. The van der Waals surface area contributed by atoms with Gasteiger partial charge in [0.15, 0.2) is 5.78 Å². The molecule has 22 nitrogen and oxygen atoms in total. The van der Waals surface area contributed by atoms with Gasteiger partial charge in [0.2, 0.25) is 11.8 Å². The summed E-state index contributed by atoms with van der Waals surface area (Å²) in [6, 6.07) is 23.1. The maximum absolute atomic E-state index is 14.6. The van der Waals surface area contributed by atoms with Gasteiger partial charge in [-0.15, -0.1) is 40.9 Å². The van der Waals surface area contributed by atoms with Crippen LogP contribution in [0.3, 0.4) is 0 Å². The van der Waals surface area contributed by atoms with E-state index in [9.17, 15) is 27.6 Å². The Morgan fingerprint density at radius 3 is 1.51 bits per heavy atom. The highest BCUT2D eigenvalue weighted by Crippen LogP contribution is 2.50. The average molecular weight is 1550 g/mol. The number of aromatic nitrogens is 4. The lowest BCUT2D eigenvalue weighted by Crippen LogP contribution is -2.49. The number of allylic oxidation sites excluding steroid dienone is 2. The fraction of sp³-hybridized carbons (Fsp3) is 0.481. The van der Waals surface area contributed by atoms with Gasteiger partial charge in [0.05, 0.1) is 66.5 Å². The largest absolute Gasteiger partial charge is 0.490 e. The van der Waals surface area contributed by atoms with E-state index in [0.717, 1.165) is 111 Å². The number of amides is 2. The highest BCUT2D eigenvalue weighted by molar-refractivity contribution is 7.94. The van der Waals surface area contributed by atoms with E-state index >= 15 is 0 Å². The van der Waals surface area contributed by atoms with Crippen molar-refractivity contribution in [1.82, 2.24) is 19.6 Å². The SMILES string of the molecule is C=CC[C@H](C)CS(N)(=O)=NC(=O)c1ccc2c(c1)N(C[C@@H]1CC[C@H]1[C@H](C=C)OC)C[C@@]1(CCCc3cc(Cl)ccc31)CO2.C=CC[C@H](C)C[S@@](=O)(CC(=O)c1cn(C)nc1OC)=NC(=O)c1ccc2c(c1)N(C[C@@H]1CC[C@H]1[C@H](C=C)OC)C[C@@]1(CCCc3cc(Cl)ccc31)CO2.COc1nn(C)cc1C(=O)O. The van der Waals surface area contributed by atoms with Crippen LogP contribution in [0.1, 0.15) is 142 Å². The molecule has 0 saturated heterocycles. The molecule has 4 heterocycles. The van der Waals surface area contributed by atoms with Gasteiger partial charge in [0.1, 0.15) is 32.5 Å². The Morgan fingerprint density at radius 1 is 0.654 bits per heavy atom. The molecule has 6 aliphatic rings. The Hall–Kier alpha value is -8.10. The van der Waals surface area contributed by atoms with E-state index in [4.69, 9.17) is 61.9 Å². The molecular weight excluding hydrogens is 1440 g/mol. The molecule has 2 spiro atoms. The van der Waals surface area contributed by atoms with Gasteiger partial charge >= 0.3 is 5.97 Å². The van der Waals surface area contributed by atoms with Crippen LogP contribution in [-0.2, 0) is 66.9 Å². The maximum atomic E-state index is 14.6. The first-order valence-electron chi connectivity index (χ1n) is 36.5. The van der Waals surface area contributed by atoms with Gasteiger partial charge in [-0.3, -0.25) is 23.7 Å². The molecule has 576 valence electrons. The summed E-state index contributed by atoms with van der Waals surface area (Å²) < 4.78 is 73.6. The monoisotopic (exact) mass is 1540 g/mol. The third-order valence-electron chi connectivity index (χ3n) is 21.8. The molecule has 3 N–H and O–H groups in total. The maximum Gasteiger partial charge on any atom is 0.342 e. The van der Waals surface area contributed by atoms with Crippen LogP contribution in [0.15, 0.2) is 145 Å². The quantitative estimate of drug-likeness (QED) is 0.0377. The Bertz CT molecular complexity index is 4560. The number of Topliss-reactive ketones (excluding diaryl/α,β-unsaturated/α-hetero) is 1. The lowest BCUT2D eigenvalue weighted by molar-refractivity contribution is 0.0135. The average Bonchev–Trinajstić information content (AvgIpc) is 1.69. The van der Waals surface area contributed by atoms with Crippen LogP contribution in [0.4, 0.5) is 11.4 Å². The number of hydrogen-bond donors (Lipinski definition) is 2. The molecule has 2 aliphatic heterocycles. The van der Waals surface area contributed by atoms with Crippen LogP contribution in [0.5, 0.6) is 23.3 Å². The Balaban J connectivity index is 0.000000203. The summed E-state index contributed by atoms with van der Waals surface area (Å²) >= 11 is 12.9. The van der Waals surface area contributed by atoms with E-state index in [1.54, 1.807) is 52.6 Å². The zero-order valence-corrected chi connectivity index (χ0v) is 65.9. The predicted octanol–water partition coefficient (Wildman–Crippen LogP) is 14.3. The number of carboxylic acids is 1. The van der Waals surface area contributed by atoms with Crippen LogP contribution in [0.25, 0.3) is 0 Å². The van der Waals surface area contributed by atoms with Gasteiger partial charge in [0.25, 0.3) is 11.8 Å². The Morgan fingerprint density at radius 2 is 1.10 bits per heavy atom. The minimum atomic E-state index is -3.35. The summed E-state index contributed by atoms with van der Waals surface area (Å²) in [4.78, 5) is 56.2. The summed E-state index contributed by atoms with van der Waals surface area (Å²) in [5, 5.41) is 24.0. The second-order valence-electron chi connectivity index (χ2n) is 29.6. The second kappa shape index (κ2) is 35.5. The van der Waals surface area contributed by atoms with Gasteiger partial charge < -0.3 is 43.3 Å². The molecule has 2 amide bonds. The molecule has 4 aliphatic carbocycles. The third-order valence-corrected chi connectivity index (χ3v) is 26.1. The standard InChI is InChI=1S/C41H51ClN4O6S.C34H44ClN3O4S.C6H8N2O3/c1-7-10-27(3)23-53(49,24-36(47)33-22-45(4)43-40(33)51-6)44-39(48)29-13-17-38-35(20-29)46(21-30-12-15-32(30)37(8-2)50-5)25-41(26-52-38)18-9-11-28-19-31(42)14-16-34(28)41;1-5-8-23(3)20-43(36,40)37-33(39)25-11-15-32-30(18-25)38(19-26-10-13-28(26)31(6-2)41-4)21-34(22-42-32)16-7-9-24-17-27(35)12-14-29(24)34;1-8-3-4(6(9)10)5(7-8)11-2/h7-8,13-14,16-17,19-20,22,27,30,32,37H,1-2,9-12,15,18,21,23-26H2,3-6H3;5-6,11-12,14-15,17-18,23,26,28,31H,1-2,7-10,13,16,19-22H2,3-4H3,(H2,36,37,39,40);3H,1-2H3,(H,9,10)/t27-,30-,32+,37-,41-,53+;23-,26-,28+,31-,34-,43?;/m00./s1. The van der Waals surface area contributed by atoms with E-state index in [2.05, 4.69) is 79.3 Å². The number of carboxylic acid groups (broad SMARTS) is 1. The highest BCUT2D eigenvalue weighted by atomic mass is 35.5. The van der Waals surface area contributed by atoms with E-state index < -0.39 is 49.0 Å². The van der Waals surface area contributed by atoms with E-state index in [0.29, 0.717) is 67.6 Å². The number of carbonyl (C=O) groups is 4. The molecule has 26 heteroatoms. The Labute approximate surface area is 640 Å². The molecule has 0 radical (unpaired) electrons. The van der Waals surface area contributed by atoms with Gasteiger partial charge in [-0.1, -0.05) is 73.5 Å². The summed E-state index contributed by atoms with van der Waals surface area (Å²) in [6.45, 7) is 23.4. The summed E-state index contributed by atoms with van der Waals surface area (Å²) in [6.07, 6.45) is 21.6. The van der Waals surface area contributed by atoms with Crippen LogP contribution >= 0.6 is 23.2 Å². The number of fused-ring (bicyclic) bond motifs is 6. The number of ketones is 1. The number of methoxy groups -OCH3 is 4. The zero-order valence-electron chi connectivity index (χ0n) is 62.8.